The van der Waals surface area contributed by atoms with Gasteiger partial charge in [-0.1, -0.05) is 6.58 Å². The maximum atomic E-state index is 13.4. The second-order valence-corrected chi connectivity index (χ2v) is 6.64. The summed E-state index contributed by atoms with van der Waals surface area (Å²) in [6.07, 6.45) is 3.46. The van der Waals surface area contributed by atoms with Gasteiger partial charge >= 0.3 is 0 Å². The third kappa shape index (κ3) is 3.14. The molecule has 0 fully saturated rings. The van der Waals surface area contributed by atoms with Crippen molar-refractivity contribution < 1.29 is 9.18 Å². The maximum absolute atomic E-state index is 13.4. The highest BCUT2D eigenvalue weighted by Gasteiger charge is 2.28. The Bertz CT molecular complexity index is 1010. The molecule has 0 saturated carbocycles. The molecule has 1 aromatic carbocycles. The third-order valence-corrected chi connectivity index (χ3v) is 4.72. The summed E-state index contributed by atoms with van der Waals surface area (Å²) in [4.78, 5) is 18.3. The lowest BCUT2D eigenvalue weighted by Crippen LogP contribution is -2.38. The van der Waals surface area contributed by atoms with Crippen molar-refractivity contribution >= 4 is 5.91 Å². The van der Waals surface area contributed by atoms with Crippen molar-refractivity contribution in [1.29, 1.82) is 0 Å². The lowest BCUT2D eigenvalue weighted by Gasteiger charge is -2.28. The molecule has 136 valence electrons. The number of pyridine rings is 1. The molecule has 27 heavy (non-hydrogen) atoms. The van der Waals surface area contributed by atoms with Crippen LogP contribution in [0.4, 0.5) is 4.39 Å². The molecule has 0 atom stereocenters. The second-order valence-electron chi connectivity index (χ2n) is 6.64. The molecule has 0 N–H and O–H groups in total. The van der Waals surface area contributed by atoms with E-state index in [4.69, 9.17) is 5.10 Å². The number of carbonyl (C=O) groups excluding carboxylic acids is 1. The monoisotopic (exact) mass is 362 g/mol. The number of aromatic nitrogens is 3. The van der Waals surface area contributed by atoms with E-state index in [2.05, 4.69) is 11.6 Å². The average molecular weight is 362 g/mol. The summed E-state index contributed by atoms with van der Waals surface area (Å²) >= 11 is 0. The predicted molar refractivity (Wildman–Crippen MR) is 101 cm³/mol. The van der Waals surface area contributed by atoms with Gasteiger partial charge in [0.1, 0.15) is 11.5 Å². The fourth-order valence-electron chi connectivity index (χ4n) is 3.39. The minimum absolute atomic E-state index is 0.0496. The molecule has 1 aliphatic rings. The molecule has 3 aromatic rings. The first-order chi connectivity index (χ1) is 13.0. The van der Waals surface area contributed by atoms with Crippen molar-refractivity contribution in [2.24, 2.45) is 0 Å². The Morgan fingerprint density at radius 2 is 1.78 bits per heavy atom. The molecule has 2 aromatic heterocycles. The SMILES string of the molecule is C=C(C)C(=O)N1CCn2nc(-c3ccc(F)cc3)c(-c3ccncc3)c2C1. The Morgan fingerprint density at radius 3 is 2.44 bits per heavy atom. The van der Waals surface area contributed by atoms with E-state index in [0.29, 0.717) is 25.2 Å². The lowest BCUT2D eigenvalue weighted by molar-refractivity contribution is -0.128. The molecule has 0 radical (unpaired) electrons. The molecule has 6 heteroatoms. The Kier molecular flexibility index (Phi) is 4.32. The molecule has 1 aliphatic heterocycles. The van der Waals surface area contributed by atoms with Gasteiger partial charge in [-0.05, 0) is 48.9 Å². The van der Waals surface area contributed by atoms with E-state index in [1.165, 1.54) is 12.1 Å². The van der Waals surface area contributed by atoms with Gasteiger partial charge in [0.15, 0.2) is 0 Å². The van der Waals surface area contributed by atoms with E-state index in [9.17, 15) is 9.18 Å². The average Bonchev–Trinajstić information content (AvgIpc) is 3.07. The molecule has 0 spiro atoms. The Hall–Kier alpha value is -3.28. The van der Waals surface area contributed by atoms with Crippen molar-refractivity contribution in [2.75, 3.05) is 6.54 Å². The van der Waals surface area contributed by atoms with E-state index in [1.807, 2.05) is 16.8 Å². The van der Waals surface area contributed by atoms with Gasteiger partial charge in [-0.25, -0.2) is 4.39 Å². The summed E-state index contributed by atoms with van der Waals surface area (Å²) < 4.78 is 15.3. The predicted octanol–water partition coefficient (Wildman–Crippen LogP) is 3.67. The number of rotatable bonds is 3. The minimum Gasteiger partial charge on any atom is -0.331 e. The summed E-state index contributed by atoms with van der Waals surface area (Å²) in [5.41, 5.74) is 5.01. The van der Waals surface area contributed by atoms with Gasteiger partial charge in [0.2, 0.25) is 5.91 Å². The van der Waals surface area contributed by atoms with E-state index in [-0.39, 0.29) is 11.7 Å². The molecule has 4 rings (SSSR count). The number of fused-ring (bicyclic) bond motifs is 1. The van der Waals surface area contributed by atoms with E-state index in [0.717, 1.165) is 28.1 Å². The zero-order valence-corrected chi connectivity index (χ0v) is 15.0. The van der Waals surface area contributed by atoms with E-state index in [1.54, 1.807) is 36.4 Å². The number of hydrogen-bond donors (Lipinski definition) is 0. The van der Waals surface area contributed by atoms with Crippen LogP contribution in [-0.2, 0) is 17.9 Å². The first kappa shape index (κ1) is 17.1. The van der Waals surface area contributed by atoms with Crippen molar-refractivity contribution in [3.63, 3.8) is 0 Å². The summed E-state index contributed by atoms with van der Waals surface area (Å²) in [6, 6.07) is 10.2. The Labute approximate surface area is 156 Å². The van der Waals surface area contributed by atoms with Gasteiger partial charge in [-0.2, -0.15) is 5.10 Å². The highest BCUT2D eigenvalue weighted by molar-refractivity contribution is 5.92. The number of carbonyl (C=O) groups is 1. The number of halogens is 1. The van der Waals surface area contributed by atoms with Crippen LogP contribution in [0.5, 0.6) is 0 Å². The molecule has 1 amide bonds. The first-order valence-electron chi connectivity index (χ1n) is 8.75. The highest BCUT2D eigenvalue weighted by Crippen LogP contribution is 2.36. The minimum atomic E-state index is -0.286. The molecule has 3 heterocycles. The normalized spacial score (nSPS) is 13.3. The van der Waals surface area contributed by atoms with Gasteiger partial charge in [0, 0.05) is 35.6 Å². The lowest BCUT2D eigenvalue weighted by atomic mass is 9.99. The molecule has 5 nitrogen and oxygen atoms in total. The smallest absolute Gasteiger partial charge is 0.249 e. The zero-order valence-electron chi connectivity index (χ0n) is 15.0. The van der Waals surface area contributed by atoms with Crippen LogP contribution in [0.15, 0.2) is 60.9 Å². The summed E-state index contributed by atoms with van der Waals surface area (Å²) in [5.74, 6) is -0.335. The number of benzene rings is 1. The highest BCUT2D eigenvalue weighted by atomic mass is 19.1. The van der Waals surface area contributed by atoms with Gasteiger partial charge in [-0.15, -0.1) is 0 Å². The Morgan fingerprint density at radius 1 is 1.07 bits per heavy atom. The zero-order chi connectivity index (χ0) is 19.0. The van der Waals surface area contributed by atoms with Gasteiger partial charge < -0.3 is 4.90 Å². The molecular weight excluding hydrogens is 343 g/mol. The second kappa shape index (κ2) is 6.79. The summed E-state index contributed by atoms with van der Waals surface area (Å²) in [5, 5.41) is 4.78. The number of nitrogens with zero attached hydrogens (tertiary/aromatic N) is 4. The molecule has 0 unspecified atom stereocenters. The first-order valence-corrected chi connectivity index (χ1v) is 8.75. The third-order valence-electron chi connectivity index (χ3n) is 4.72. The molecular formula is C21H19FN4O. The van der Waals surface area contributed by atoms with Gasteiger partial charge in [0.05, 0.1) is 18.8 Å². The van der Waals surface area contributed by atoms with Crippen LogP contribution in [0.1, 0.15) is 12.6 Å². The van der Waals surface area contributed by atoms with Crippen LogP contribution < -0.4 is 0 Å². The summed E-state index contributed by atoms with van der Waals surface area (Å²) in [7, 11) is 0. The Balaban J connectivity index is 1.86. The van der Waals surface area contributed by atoms with Crippen LogP contribution in [0.25, 0.3) is 22.4 Å². The van der Waals surface area contributed by atoms with Crippen LogP contribution >= 0.6 is 0 Å². The number of hydrogen-bond acceptors (Lipinski definition) is 3. The topological polar surface area (TPSA) is 51.0 Å². The fourth-order valence-corrected chi connectivity index (χ4v) is 3.39. The van der Waals surface area contributed by atoms with Crippen molar-refractivity contribution in [3.8, 4) is 22.4 Å². The van der Waals surface area contributed by atoms with Gasteiger partial charge in [0.25, 0.3) is 0 Å². The van der Waals surface area contributed by atoms with Crippen LogP contribution in [0.3, 0.4) is 0 Å². The fraction of sp³-hybridized carbons (Fsp3) is 0.190. The van der Waals surface area contributed by atoms with Crippen LogP contribution in [-0.4, -0.2) is 32.1 Å². The molecule has 0 saturated heterocycles. The standard InChI is InChI=1S/C21H19FN4O/c1-14(2)21(27)25-11-12-26-18(13-25)19(15-7-9-23-10-8-15)20(24-26)16-3-5-17(22)6-4-16/h3-10H,1,11-13H2,2H3. The maximum Gasteiger partial charge on any atom is 0.249 e. The quantitative estimate of drug-likeness (QED) is 0.668. The van der Waals surface area contributed by atoms with Crippen molar-refractivity contribution in [1.82, 2.24) is 19.7 Å². The summed E-state index contributed by atoms with van der Waals surface area (Å²) in [6.45, 7) is 7.14. The van der Waals surface area contributed by atoms with Crippen molar-refractivity contribution in [3.05, 3.63) is 72.5 Å². The van der Waals surface area contributed by atoms with Gasteiger partial charge in [-0.3, -0.25) is 14.5 Å². The molecule has 0 aliphatic carbocycles. The van der Waals surface area contributed by atoms with Crippen LogP contribution in [0, 0.1) is 5.82 Å². The largest absolute Gasteiger partial charge is 0.331 e. The number of amides is 1. The van der Waals surface area contributed by atoms with Crippen molar-refractivity contribution in [2.45, 2.75) is 20.0 Å². The van der Waals surface area contributed by atoms with E-state index < -0.39 is 0 Å². The van der Waals surface area contributed by atoms with Crippen LogP contribution in [0.2, 0.25) is 0 Å². The molecule has 0 bridgehead atoms. The van der Waals surface area contributed by atoms with E-state index >= 15 is 0 Å².